The first-order chi connectivity index (χ1) is 72.8. The Morgan fingerprint density at radius 2 is 0.453 bits per heavy atom. The second-order valence-electron chi connectivity index (χ2n) is 40.5. The molecule has 5 saturated heterocycles. The quantitative estimate of drug-likeness (QED) is 0.0160. The van der Waals surface area contributed by atoms with E-state index in [1.54, 1.807) is 18.2 Å². The van der Waals surface area contributed by atoms with E-state index in [-0.39, 0.29) is 213 Å². The van der Waals surface area contributed by atoms with Gasteiger partial charge in [0.05, 0.1) is 120 Å². The third-order valence-electron chi connectivity index (χ3n) is 30.0. The molecule has 0 bridgehead atoms. The molecular weight excluding hydrogens is 2110 g/mol. The van der Waals surface area contributed by atoms with E-state index < -0.39 is 0 Å². The van der Waals surface area contributed by atoms with Gasteiger partial charge in [0.25, 0.3) is 0 Å². The molecule has 0 spiro atoms. The van der Waals surface area contributed by atoms with Crippen molar-refractivity contribution in [1.82, 2.24) is 0 Å². The Kier molecular flexibility index (Phi) is 40.9. The van der Waals surface area contributed by atoms with Crippen molar-refractivity contribution in [1.29, 1.82) is 0 Å². The highest BCUT2D eigenvalue weighted by molar-refractivity contribution is 9.10. The zero-order valence-electron chi connectivity index (χ0n) is 85.4. The topological polar surface area (TPSA) is 238 Å². The molecule has 0 amide bonds. The van der Waals surface area contributed by atoms with Crippen LogP contribution >= 0.6 is 66.7 Å². The maximum Gasteiger partial charge on any atom is 0.305 e. The molecule has 5 fully saturated rings. The maximum absolute atomic E-state index is 14.8. The highest BCUT2D eigenvalue weighted by Gasteiger charge is 2.50. The standard InChI is InChI=1S/2C24H27BrFNO3.3C24H27ClFNO3/c5*1-2-3-9-21(28)29-14-17-10-11-18-22(15-7-5-4-6-8-15)27-23-19(24(18)30-17)12-16(25)13-20(23)26/h5*4-8,12-13,17-18,22,24,27H,2-3,9-11,14H2,1H3/t5*17-,18+,22+,24+/m10110/s1. The molecule has 5 N–H and O–H groups in total. The third-order valence-corrected chi connectivity index (χ3v) is 31.5. The number of ether oxygens (including phenoxy) is 10. The minimum Gasteiger partial charge on any atom is -0.463 e. The number of hydrogen-bond acceptors (Lipinski definition) is 20. The average molecular weight is 2250 g/mol. The lowest BCUT2D eigenvalue weighted by Crippen LogP contribution is -2.40. The Morgan fingerprint density at radius 3 is 0.640 bits per heavy atom. The Bertz CT molecular complexity index is 5320. The number of fused-ring (bicyclic) bond motifs is 15. The van der Waals surface area contributed by atoms with Crippen LogP contribution in [-0.2, 0) is 71.3 Å². The van der Waals surface area contributed by atoms with Gasteiger partial charge in [-0.25, -0.2) is 22.0 Å². The van der Waals surface area contributed by atoms with Crippen LogP contribution in [0.25, 0.3) is 0 Å². The fraction of sp³-hybridized carbons (Fsp3) is 0.458. The lowest BCUT2D eigenvalue weighted by Gasteiger charge is -2.45. The van der Waals surface area contributed by atoms with Crippen molar-refractivity contribution in [3.05, 3.63) is 321 Å². The summed E-state index contributed by atoms with van der Waals surface area (Å²) < 4.78 is 135. The molecule has 10 heterocycles. The minimum absolute atomic E-state index is 0.0348. The largest absolute Gasteiger partial charge is 0.463 e. The van der Waals surface area contributed by atoms with E-state index in [1.165, 1.54) is 30.3 Å². The zero-order chi connectivity index (χ0) is 105. The fourth-order valence-electron chi connectivity index (χ4n) is 22.4. The summed E-state index contributed by atoms with van der Waals surface area (Å²) in [5, 5.41) is 18.1. The van der Waals surface area contributed by atoms with Crippen molar-refractivity contribution in [2.75, 3.05) is 59.6 Å². The average Bonchev–Trinajstić information content (AvgIpc) is 0.767. The van der Waals surface area contributed by atoms with Crippen LogP contribution in [0.3, 0.4) is 0 Å². The fourth-order valence-corrected chi connectivity index (χ4v) is 23.9. The highest BCUT2D eigenvalue weighted by atomic mass is 79.9. The number of carbonyl (C=O) groups is 5. The van der Waals surface area contributed by atoms with Gasteiger partial charge in [-0.15, -0.1) is 0 Å². The molecule has 800 valence electrons. The van der Waals surface area contributed by atoms with E-state index in [4.69, 9.17) is 82.2 Å². The Balaban J connectivity index is 0.000000133. The number of rotatable bonds is 30. The van der Waals surface area contributed by atoms with Gasteiger partial charge in [-0.1, -0.05) is 285 Å². The van der Waals surface area contributed by atoms with Gasteiger partial charge < -0.3 is 74.0 Å². The number of carbonyl (C=O) groups excluding carboxylic acids is 5. The molecule has 0 saturated carbocycles. The number of unbranched alkanes of at least 4 members (excludes halogenated alkanes) is 5. The normalized spacial score (nSPS) is 25.0. The van der Waals surface area contributed by atoms with Crippen LogP contribution in [0.2, 0.25) is 15.1 Å². The van der Waals surface area contributed by atoms with Crippen LogP contribution < -0.4 is 26.6 Å². The van der Waals surface area contributed by atoms with E-state index >= 15 is 0 Å². The Morgan fingerprint density at radius 1 is 0.273 bits per heavy atom. The molecule has 20 rings (SSSR count). The molecule has 0 unspecified atom stereocenters. The van der Waals surface area contributed by atoms with E-state index in [1.807, 2.05) is 138 Å². The minimum atomic E-state index is -0.381. The van der Waals surface area contributed by atoms with Crippen LogP contribution in [0, 0.1) is 58.7 Å². The summed E-state index contributed by atoms with van der Waals surface area (Å²) in [5.41, 5.74) is 11.7. The summed E-state index contributed by atoms with van der Waals surface area (Å²) in [5.74, 6) is -1.94. The van der Waals surface area contributed by atoms with Crippen LogP contribution in [-0.4, -0.2) is 93.4 Å². The predicted octanol–water partition coefficient (Wildman–Crippen LogP) is 31.3. The second kappa shape index (κ2) is 54.6. The van der Waals surface area contributed by atoms with E-state index in [0.717, 1.165) is 184 Å². The molecule has 20 nitrogen and oxygen atoms in total. The summed E-state index contributed by atoms with van der Waals surface area (Å²) in [6.45, 7) is 11.4. The summed E-state index contributed by atoms with van der Waals surface area (Å²) in [6, 6.07) is 66.3. The second-order valence-corrected chi connectivity index (χ2v) is 43.6. The van der Waals surface area contributed by atoms with Gasteiger partial charge in [-0.05, 0) is 185 Å². The Hall–Kier alpha value is -10.2. The first kappa shape index (κ1) is 112. The van der Waals surface area contributed by atoms with E-state index in [2.05, 4.69) is 119 Å². The summed E-state index contributed by atoms with van der Waals surface area (Å²) in [4.78, 5) is 59.5. The smallest absolute Gasteiger partial charge is 0.305 e. The number of hydrogen-bond donors (Lipinski definition) is 5. The SMILES string of the molecule is CCCCC(=O)OC[C@@H]1CC[C@@H]2[C@@H](c3ccccc3)Nc3c(F)cc(Br)cc3[C@@H]2O1.CCCCC(=O)OC[C@@H]1CC[C@@H]2[C@@H](c3ccccc3)Nc3c(F)cc(Cl)cc3[C@@H]2O1.CCCCC(=O)OC[C@H]1CC[C@@H]2[C@H](O1)c1cc(Br)cc(F)c1N[C@H]2c1ccccc1.CCCCC(=O)OC[C@H]1CC[C@@H]2[C@H](O1)c1cc(Cl)cc(F)c1N[C@H]2c1ccccc1.CCCCC(=O)OC[C@H]1CC[C@@H]2[C@H](O1)c1cc(Cl)cc(F)c1N[C@H]2c1ccccc1. The Labute approximate surface area is 908 Å². The van der Waals surface area contributed by atoms with Gasteiger partial charge in [-0.3, -0.25) is 24.0 Å². The molecule has 20 atom stereocenters. The lowest BCUT2D eigenvalue weighted by molar-refractivity contribution is -0.157. The van der Waals surface area contributed by atoms with Crippen LogP contribution in [0.1, 0.15) is 312 Å². The van der Waals surface area contributed by atoms with Crippen molar-refractivity contribution in [2.24, 2.45) is 29.6 Å². The van der Waals surface area contributed by atoms with Gasteiger partial charge in [-0.2, -0.15) is 0 Å². The lowest BCUT2D eigenvalue weighted by atomic mass is 9.76. The molecule has 150 heavy (non-hydrogen) atoms. The molecule has 0 aromatic heterocycles. The molecule has 0 aliphatic carbocycles. The number of benzene rings is 10. The molecule has 10 aliphatic rings. The van der Waals surface area contributed by atoms with Gasteiger partial charge in [0.1, 0.15) is 62.1 Å². The molecule has 10 aromatic rings. The molecule has 10 aromatic carbocycles. The van der Waals surface area contributed by atoms with Crippen molar-refractivity contribution in [3.63, 3.8) is 0 Å². The number of nitrogens with one attached hydrogen (secondary N) is 5. The summed E-state index contributed by atoms with van der Waals surface area (Å²) in [6.07, 6.45) is 17.1. The van der Waals surface area contributed by atoms with E-state index in [9.17, 15) is 45.9 Å². The van der Waals surface area contributed by atoms with Crippen molar-refractivity contribution in [3.8, 4) is 0 Å². The van der Waals surface area contributed by atoms with Crippen LogP contribution in [0.15, 0.2) is 221 Å². The molecule has 30 heteroatoms. The van der Waals surface area contributed by atoms with Gasteiger partial charge >= 0.3 is 29.8 Å². The first-order valence-electron chi connectivity index (χ1n) is 53.4. The maximum atomic E-state index is 14.8. The molecule has 0 radical (unpaired) electrons. The van der Waals surface area contributed by atoms with Gasteiger partial charge in [0.15, 0.2) is 0 Å². The van der Waals surface area contributed by atoms with Crippen LogP contribution in [0.5, 0.6) is 0 Å². The van der Waals surface area contributed by atoms with Crippen molar-refractivity contribution >= 4 is 125 Å². The van der Waals surface area contributed by atoms with Crippen molar-refractivity contribution in [2.45, 2.75) is 286 Å². The summed E-state index contributed by atoms with van der Waals surface area (Å²) >= 11 is 25.3. The van der Waals surface area contributed by atoms with Crippen molar-refractivity contribution < 1.29 is 93.3 Å². The van der Waals surface area contributed by atoms with Crippen LogP contribution in [0.4, 0.5) is 50.4 Å². The number of anilines is 5. The van der Waals surface area contributed by atoms with Gasteiger partial charge in [0, 0.05) is 114 Å². The zero-order valence-corrected chi connectivity index (χ0v) is 90.8. The van der Waals surface area contributed by atoms with E-state index in [0.29, 0.717) is 84.6 Å². The monoisotopic (exact) mass is 2240 g/mol. The van der Waals surface area contributed by atoms with Gasteiger partial charge in [0.2, 0.25) is 0 Å². The predicted molar refractivity (Wildman–Crippen MR) is 581 cm³/mol. The summed E-state index contributed by atoms with van der Waals surface area (Å²) in [7, 11) is 0. The molecule has 10 aliphatic heterocycles. The number of esters is 5. The first-order valence-corrected chi connectivity index (χ1v) is 56.1. The highest BCUT2D eigenvalue weighted by Crippen LogP contribution is 2.59. The molecular formula is C120H135Br2Cl3F5N5O15. The third kappa shape index (κ3) is 28.7. The number of halogens is 10.